The van der Waals surface area contributed by atoms with Crippen molar-refractivity contribution < 1.29 is 14.5 Å². The maximum absolute atomic E-state index is 12.1. The van der Waals surface area contributed by atoms with Crippen molar-refractivity contribution >= 4 is 46.2 Å². The molecule has 0 bridgehead atoms. The van der Waals surface area contributed by atoms with Crippen LogP contribution in [-0.4, -0.2) is 21.9 Å². The summed E-state index contributed by atoms with van der Waals surface area (Å²) in [5.74, 6) is -0.739. The lowest BCUT2D eigenvalue weighted by atomic mass is 10.2. The first-order chi connectivity index (χ1) is 11.8. The Morgan fingerprint density at radius 1 is 1.04 bits per heavy atom. The van der Waals surface area contributed by atoms with Gasteiger partial charge in [0, 0.05) is 36.0 Å². The number of carbonyl (C=O) groups excluding carboxylic acids is 2. The van der Waals surface area contributed by atoms with Crippen molar-refractivity contribution in [3.05, 3.63) is 64.2 Å². The molecule has 3 N–H and O–H groups in total. The number of nitrogens with zero attached hydrogens (tertiary/aromatic N) is 1. The molecule has 0 spiro atoms. The number of hydrogen-bond donors (Lipinski definition) is 3. The Balaban J connectivity index is 1.97. The Kier molecular flexibility index (Phi) is 5.75. The second kappa shape index (κ2) is 7.97. The van der Waals surface area contributed by atoms with Gasteiger partial charge in [-0.25, -0.2) is 0 Å². The first-order valence-electron chi connectivity index (χ1n) is 7.09. The van der Waals surface area contributed by atoms with E-state index in [2.05, 4.69) is 16.0 Å². The lowest BCUT2D eigenvalue weighted by molar-refractivity contribution is -0.384. The zero-order valence-electron chi connectivity index (χ0n) is 13.1. The van der Waals surface area contributed by atoms with E-state index in [0.717, 1.165) is 0 Å². The monoisotopic (exact) mass is 358 g/mol. The van der Waals surface area contributed by atoms with Gasteiger partial charge in [-0.15, -0.1) is 0 Å². The van der Waals surface area contributed by atoms with Crippen LogP contribution in [0.1, 0.15) is 17.3 Å². The van der Waals surface area contributed by atoms with Gasteiger partial charge in [0.2, 0.25) is 5.91 Å². The Morgan fingerprint density at radius 2 is 1.64 bits per heavy atom. The van der Waals surface area contributed by atoms with Crippen LogP contribution in [0.25, 0.3) is 0 Å². The highest BCUT2D eigenvalue weighted by molar-refractivity contribution is 7.80. The molecule has 128 valence electrons. The summed E-state index contributed by atoms with van der Waals surface area (Å²) in [5, 5.41) is 18.7. The minimum atomic E-state index is -0.579. The highest BCUT2D eigenvalue weighted by atomic mass is 32.1. The molecule has 25 heavy (non-hydrogen) atoms. The van der Waals surface area contributed by atoms with Crippen LogP contribution < -0.4 is 16.0 Å². The van der Waals surface area contributed by atoms with Crippen molar-refractivity contribution in [1.82, 2.24) is 5.32 Å². The summed E-state index contributed by atoms with van der Waals surface area (Å²) in [6.07, 6.45) is 0. The second-order valence-electron chi connectivity index (χ2n) is 4.97. The van der Waals surface area contributed by atoms with Crippen LogP contribution in [0.3, 0.4) is 0 Å². The Hall–Kier alpha value is -3.33. The minimum absolute atomic E-state index is 0.0452. The van der Waals surface area contributed by atoms with E-state index in [1.807, 2.05) is 0 Å². The highest BCUT2D eigenvalue weighted by Gasteiger charge is 2.12. The van der Waals surface area contributed by atoms with E-state index >= 15 is 0 Å². The Bertz CT molecular complexity index is 836. The normalized spacial score (nSPS) is 9.80. The molecule has 2 aromatic rings. The standard InChI is InChI=1S/C16H14N4O4S/c1-10(21)17-12-5-7-13(8-6-12)18-16(25)19-15(22)11-3-2-4-14(9-11)20(23)24/h2-9H,1H3,(H,17,21)(H2,18,19,22,25). The van der Waals surface area contributed by atoms with Crippen LogP contribution in [0.2, 0.25) is 0 Å². The fourth-order valence-electron chi connectivity index (χ4n) is 1.94. The zero-order chi connectivity index (χ0) is 18.4. The number of benzene rings is 2. The molecule has 9 heteroatoms. The number of nitrogens with one attached hydrogen (secondary N) is 3. The number of nitro benzene ring substituents is 1. The van der Waals surface area contributed by atoms with Crippen LogP contribution >= 0.6 is 12.2 Å². The van der Waals surface area contributed by atoms with Crippen molar-refractivity contribution in [3.63, 3.8) is 0 Å². The molecule has 2 aromatic carbocycles. The molecule has 2 amide bonds. The van der Waals surface area contributed by atoms with Crippen LogP contribution in [0.4, 0.5) is 17.1 Å². The summed E-state index contributed by atoms with van der Waals surface area (Å²) in [5.41, 5.74) is 1.18. The lowest BCUT2D eigenvalue weighted by Crippen LogP contribution is -2.34. The lowest BCUT2D eigenvalue weighted by Gasteiger charge is -2.10. The van der Waals surface area contributed by atoms with Gasteiger partial charge in [-0.3, -0.25) is 25.0 Å². The number of thiocarbonyl (C=S) groups is 1. The van der Waals surface area contributed by atoms with Gasteiger partial charge in [0.25, 0.3) is 11.6 Å². The molecule has 0 aromatic heterocycles. The molecule has 2 rings (SSSR count). The van der Waals surface area contributed by atoms with E-state index in [-0.39, 0.29) is 22.3 Å². The van der Waals surface area contributed by atoms with Crippen LogP contribution in [0.5, 0.6) is 0 Å². The van der Waals surface area contributed by atoms with Crippen LogP contribution in [0, 0.1) is 10.1 Å². The van der Waals surface area contributed by atoms with Gasteiger partial charge in [0.15, 0.2) is 5.11 Å². The van der Waals surface area contributed by atoms with Gasteiger partial charge < -0.3 is 10.6 Å². The van der Waals surface area contributed by atoms with E-state index in [9.17, 15) is 19.7 Å². The third kappa shape index (κ3) is 5.36. The summed E-state index contributed by atoms with van der Waals surface area (Å²) in [7, 11) is 0. The first-order valence-corrected chi connectivity index (χ1v) is 7.50. The topological polar surface area (TPSA) is 113 Å². The van der Waals surface area contributed by atoms with Crippen molar-refractivity contribution in [3.8, 4) is 0 Å². The molecular weight excluding hydrogens is 344 g/mol. The predicted octanol–water partition coefficient (Wildman–Crippen LogP) is 2.68. The van der Waals surface area contributed by atoms with Gasteiger partial charge in [-0.05, 0) is 42.5 Å². The van der Waals surface area contributed by atoms with Crippen LogP contribution in [0.15, 0.2) is 48.5 Å². The quantitative estimate of drug-likeness (QED) is 0.440. The molecule has 8 nitrogen and oxygen atoms in total. The molecule has 0 unspecified atom stereocenters. The van der Waals surface area contributed by atoms with Crippen LogP contribution in [-0.2, 0) is 4.79 Å². The highest BCUT2D eigenvalue weighted by Crippen LogP contribution is 2.14. The molecular formula is C16H14N4O4S. The van der Waals surface area contributed by atoms with Crippen molar-refractivity contribution in [1.29, 1.82) is 0 Å². The van der Waals surface area contributed by atoms with Gasteiger partial charge in [0.05, 0.1) is 4.92 Å². The molecule has 0 aliphatic carbocycles. The molecule has 0 heterocycles. The number of carbonyl (C=O) groups is 2. The summed E-state index contributed by atoms with van der Waals surface area (Å²) in [6.45, 7) is 1.41. The minimum Gasteiger partial charge on any atom is -0.332 e. The van der Waals surface area contributed by atoms with Crippen molar-refractivity contribution in [2.24, 2.45) is 0 Å². The largest absolute Gasteiger partial charge is 0.332 e. The zero-order valence-corrected chi connectivity index (χ0v) is 13.9. The number of nitro groups is 1. The Morgan fingerprint density at radius 3 is 2.20 bits per heavy atom. The van der Waals surface area contributed by atoms with E-state index in [4.69, 9.17) is 12.2 Å². The average Bonchev–Trinajstić information content (AvgIpc) is 2.56. The summed E-state index contributed by atoms with van der Waals surface area (Å²) < 4.78 is 0. The number of anilines is 2. The smallest absolute Gasteiger partial charge is 0.270 e. The molecule has 0 radical (unpaired) electrons. The fourth-order valence-corrected chi connectivity index (χ4v) is 2.15. The van der Waals surface area contributed by atoms with E-state index in [1.165, 1.54) is 31.2 Å². The molecule has 0 saturated heterocycles. The van der Waals surface area contributed by atoms with Gasteiger partial charge in [-0.2, -0.15) is 0 Å². The van der Waals surface area contributed by atoms with E-state index in [1.54, 1.807) is 24.3 Å². The summed E-state index contributed by atoms with van der Waals surface area (Å²) in [6, 6.07) is 12.0. The number of non-ortho nitro benzene ring substituents is 1. The van der Waals surface area contributed by atoms with E-state index < -0.39 is 10.8 Å². The Labute approximate surface area is 148 Å². The van der Waals surface area contributed by atoms with Crippen molar-refractivity contribution in [2.75, 3.05) is 10.6 Å². The van der Waals surface area contributed by atoms with Crippen molar-refractivity contribution in [2.45, 2.75) is 6.92 Å². The molecule has 0 aliphatic rings. The SMILES string of the molecule is CC(=O)Nc1ccc(NC(=S)NC(=O)c2cccc([N+](=O)[O-])c2)cc1. The van der Waals surface area contributed by atoms with E-state index in [0.29, 0.717) is 11.4 Å². The third-order valence-corrected chi connectivity index (χ3v) is 3.21. The number of hydrogen-bond acceptors (Lipinski definition) is 5. The molecule has 0 atom stereocenters. The average molecular weight is 358 g/mol. The molecule has 0 saturated carbocycles. The number of amides is 2. The maximum atomic E-state index is 12.1. The summed E-state index contributed by atoms with van der Waals surface area (Å²) in [4.78, 5) is 33.2. The molecule has 0 fully saturated rings. The van der Waals surface area contributed by atoms with Gasteiger partial charge in [0.1, 0.15) is 0 Å². The fraction of sp³-hybridized carbons (Fsp3) is 0.0625. The van der Waals surface area contributed by atoms with Gasteiger partial charge >= 0.3 is 0 Å². The first kappa shape index (κ1) is 18.0. The third-order valence-electron chi connectivity index (χ3n) is 3.01. The molecule has 0 aliphatic heterocycles. The number of rotatable bonds is 4. The predicted molar refractivity (Wildman–Crippen MR) is 97.5 cm³/mol. The maximum Gasteiger partial charge on any atom is 0.270 e. The van der Waals surface area contributed by atoms with Gasteiger partial charge in [-0.1, -0.05) is 6.07 Å². The second-order valence-corrected chi connectivity index (χ2v) is 5.38. The summed E-state index contributed by atoms with van der Waals surface area (Å²) >= 11 is 5.05.